The molecule has 1 aliphatic rings. The predicted molar refractivity (Wildman–Crippen MR) is 119 cm³/mol. The number of nitrogens with zero attached hydrogens (tertiary/aromatic N) is 4. The quantitative estimate of drug-likeness (QED) is 0.209. The van der Waals surface area contributed by atoms with Gasteiger partial charge in [-0.1, -0.05) is 31.8 Å². The van der Waals surface area contributed by atoms with Crippen molar-refractivity contribution in [3.63, 3.8) is 0 Å². The number of aliphatic hydroxyl groups is 1. The summed E-state index contributed by atoms with van der Waals surface area (Å²) in [6.07, 6.45) is 3.77. The lowest BCUT2D eigenvalue weighted by molar-refractivity contribution is -0.148. The van der Waals surface area contributed by atoms with Crippen molar-refractivity contribution < 1.29 is 32.9 Å². The summed E-state index contributed by atoms with van der Waals surface area (Å²) in [6, 6.07) is -0.910. The molecule has 3 rings (SSSR count). The second kappa shape index (κ2) is 9.85. The maximum atomic E-state index is 13.7. The number of nitrogens with two attached hydrogens (primary N) is 1. The molecule has 0 aliphatic carbocycles. The first-order valence-electron chi connectivity index (χ1n) is 10.4. The van der Waals surface area contributed by atoms with Crippen LogP contribution in [0, 0.1) is 23.8 Å². The summed E-state index contributed by atoms with van der Waals surface area (Å²) in [7, 11) is -2.55. The van der Waals surface area contributed by atoms with Crippen molar-refractivity contribution in [1.82, 2.24) is 24.6 Å². The number of ether oxygens (including phenoxy) is 2. The molecule has 0 spiro atoms. The summed E-state index contributed by atoms with van der Waals surface area (Å²) < 4.78 is 43.7. The average molecular weight is 497 g/mol. The van der Waals surface area contributed by atoms with Crippen LogP contribution in [0.25, 0.3) is 11.2 Å². The number of hydrogen-bond acceptors (Lipinski definition) is 10. The zero-order valence-corrected chi connectivity index (χ0v) is 20.1. The molecular formula is C20H27FN6O6P+. The van der Waals surface area contributed by atoms with Gasteiger partial charge in [-0.25, -0.2) is 4.98 Å². The number of anilines is 1. The highest BCUT2D eigenvalue weighted by Gasteiger charge is 2.50. The summed E-state index contributed by atoms with van der Waals surface area (Å²) in [6.45, 7) is 6.95. The third-order valence-electron chi connectivity index (χ3n) is 4.98. The molecule has 12 nitrogen and oxygen atoms in total. The molecule has 2 aromatic heterocycles. The number of fused-ring (bicyclic) bond motifs is 1. The standard InChI is InChI=1S/C20H27FN6O6P/c1-6-20(9-32-34(30)26-11(2)17(29)31-8-19(3,4)5)12(28)7-13(33-20)27-10-23-14-15(22)24-18(21)25-16(14)27/h1,10-13,28H,7-9H2,2-5H3,(H,26,30)(H2,22,24,25)/q+1/t11-,12-,13+,20+/m0/s1. The first kappa shape index (κ1) is 25.9. The van der Waals surface area contributed by atoms with Gasteiger partial charge in [0.25, 0.3) is 0 Å². The Morgan fingerprint density at radius 3 is 2.91 bits per heavy atom. The highest BCUT2D eigenvalue weighted by atomic mass is 31.1. The van der Waals surface area contributed by atoms with Gasteiger partial charge in [-0.3, -0.25) is 9.36 Å². The first-order valence-corrected chi connectivity index (χ1v) is 11.5. The van der Waals surface area contributed by atoms with Crippen LogP contribution < -0.4 is 10.8 Å². The molecule has 1 saturated heterocycles. The molecule has 2 aromatic rings. The maximum absolute atomic E-state index is 13.7. The molecule has 1 unspecified atom stereocenters. The fraction of sp³-hybridized carbons (Fsp3) is 0.600. The minimum atomic E-state index is -2.55. The molecule has 0 amide bonds. The van der Waals surface area contributed by atoms with Gasteiger partial charge in [0.2, 0.25) is 0 Å². The van der Waals surface area contributed by atoms with E-state index in [2.05, 4.69) is 26.0 Å². The van der Waals surface area contributed by atoms with E-state index in [0.29, 0.717) is 0 Å². The van der Waals surface area contributed by atoms with Gasteiger partial charge >= 0.3 is 20.2 Å². The molecule has 1 aliphatic heterocycles. The highest BCUT2D eigenvalue weighted by Crippen LogP contribution is 2.39. The maximum Gasteiger partial charge on any atom is 0.613 e. The third kappa shape index (κ3) is 5.65. The van der Waals surface area contributed by atoms with Gasteiger partial charge in [0.1, 0.15) is 25.0 Å². The molecular weight excluding hydrogens is 470 g/mol. The normalized spacial score (nSPS) is 24.1. The predicted octanol–water partition coefficient (Wildman–Crippen LogP) is 1.44. The Balaban J connectivity index is 1.64. The number of aromatic nitrogens is 4. The van der Waals surface area contributed by atoms with Crippen LogP contribution in [0.1, 0.15) is 40.3 Å². The Morgan fingerprint density at radius 1 is 1.56 bits per heavy atom. The van der Waals surface area contributed by atoms with E-state index in [-0.39, 0.29) is 35.4 Å². The van der Waals surface area contributed by atoms with Crippen LogP contribution in [-0.4, -0.2) is 61.6 Å². The summed E-state index contributed by atoms with van der Waals surface area (Å²) >= 11 is 0. The van der Waals surface area contributed by atoms with Crippen molar-refractivity contribution in [3.8, 4) is 12.3 Å². The lowest BCUT2D eigenvalue weighted by Crippen LogP contribution is -2.42. The fourth-order valence-electron chi connectivity index (χ4n) is 3.16. The zero-order chi connectivity index (χ0) is 25.3. The molecule has 1 fully saturated rings. The SMILES string of the molecule is C#C[C@]1(CO[P+](=O)N[C@@H](C)C(=O)OCC(C)(C)C)O[C@@H](n2cnc3c(N)nc(F)nc32)C[C@@H]1O. The van der Waals surface area contributed by atoms with Crippen molar-refractivity contribution >= 4 is 31.1 Å². The number of carbonyl (C=O) groups excluding carboxylic acids is 1. The van der Waals surface area contributed by atoms with Gasteiger partial charge in [-0.05, 0) is 16.9 Å². The van der Waals surface area contributed by atoms with Crippen LogP contribution in [0.2, 0.25) is 0 Å². The van der Waals surface area contributed by atoms with Gasteiger partial charge in [0.05, 0.1) is 12.9 Å². The largest absolute Gasteiger partial charge is 0.613 e. The van der Waals surface area contributed by atoms with Gasteiger partial charge in [0, 0.05) is 6.42 Å². The molecule has 184 valence electrons. The van der Waals surface area contributed by atoms with Gasteiger partial charge < -0.3 is 20.3 Å². The molecule has 4 N–H and O–H groups in total. The van der Waals surface area contributed by atoms with Gasteiger partial charge in [0.15, 0.2) is 22.6 Å². The van der Waals surface area contributed by atoms with Crippen LogP contribution in [0.4, 0.5) is 10.2 Å². The Hall–Kier alpha value is -2.75. The molecule has 0 radical (unpaired) electrons. The summed E-state index contributed by atoms with van der Waals surface area (Å²) in [4.78, 5) is 23.2. The topological polar surface area (TPSA) is 164 Å². The number of imidazole rings is 1. The number of terminal acetylenes is 1. The lowest BCUT2D eigenvalue weighted by atomic mass is 9.99. The number of nitrogen functional groups attached to an aromatic ring is 1. The number of hydrogen-bond donors (Lipinski definition) is 3. The highest BCUT2D eigenvalue weighted by molar-refractivity contribution is 7.36. The summed E-state index contributed by atoms with van der Waals surface area (Å²) in [5.41, 5.74) is 4.01. The third-order valence-corrected chi connectivity index (χ3v) is 5.94. The fourth-order valence-corrected chi connectivity index (χ4v) is 3.97. The number of carbonyl (C=O) groups is 1. The van der Waals surface area contributed by atoms with E-state index in [4.69, 9.17) is 26.2 Å². The van der Waals surface area contributed by atoms with E-state index in [0.717, 1.165) is 0 Å². The molecule has 0 aromatic carbocycles. The van der Waals surface area contributed by atoms with E-state index in [1.165, 1.54) is 17.8 Å². The van der Waals surface area contributed by atoms with E-state index in [9.17, 15) is 18.9 Å². The van der Waals surface area contributed by atoms with Crippen molar-refractivity contribution in [2.45, 2.75) is 58.1 Å². The summed E-state index contributed by atoms with van der Waals surface area (Å²) in [5, 5.41) is 13.1. The number of halogens is 1. The van der Waals surface area contributed by atoms with Crippen LogP contribution in [0.15, 0.2) is 6.33 Å². The summed E-state index contributed by atoms with van der Waals surface area (Å²) in [5.74, 6) is 1.61. The number of nitrogens with one attached hydrogen (secondary N) is 1. The number of esters is 1. The molecule has 5 atom stereocenters. The average Bonchev–Trinajstić information content (AvgIpc) is 3.31. The van der Waals surface area contributed by atoms with Crippen LogP contribution in [-0.2, 0) is 23.4 Å². The second-order valence-corrected chi connectivity index (χ2v) is 10.1. The van der Waals surface area contributed by atoms with E-state index >= 15 is 0 Å². The van der Waals surface area contributed by atoms with Crippen molar-refractivity contribution in [2.24, 2.45) is 5.41 Å². The Kier molecular flexibility index (Phi) is 7.50. The second-order valence-electron chi connectivity index (χ2n) is 9.11. The van der Waals surface area contributed by atoms with Crippen LogP contribution in [0.3, 0.4) is 0 Å². The monoisotopic (exact) mass is 497 g/mol. The van der Waals surface area contributed by atoms with Gasteiger partial charge in [-0.15, -0.1) is 10.9 Å². The molecule has 0 bridgehead atoms. The van der Waals surface area contributed by atoms with Gasteiger partial charge in [-0.2, -0.15) is 14.4 Å². The first-order chi connectivity index (χ1) is 15.8. The van der Waals surface area contributed by atoms with Crippen molar-refractivity contribution in [1.29, 1.82) is 0 Å². The minimum absolute atomic E-state index is 0.00963. The van der Waals surface area contributed by atoms with E-state index in [1.807, 2.05) is 20.8 Å². The smallest absolute Gasteiger partial charge is 0.464 e. The van der Waals surface area contributed by atoms with E-state index < -0.39 is 50.8 Å². The van der Waals surface area contributed by atoms with E-state index in [1.54, 1.807) is 0 Å². The van der Waals surface area contributed by atoms with Crippen molar-refractivity contribution in [2.75, 3.05) is 18.9 Å². The minimum Gasteiger partial charge on any atom is -0.464 e. The zero-order valence-electron chi connectivity index (χ0n) is 19.2. The number of aliphatic hydroxyl groups excluding tert-OH is 1. The molecule has 34 heavy (non-hydrogen) atoms. The van der Waals surface area contributed by atoms with Crippen LogP contribution >= 0.6 is 8.18 Å². The van der Waals surface area contributed by atoms with Crippen molar-refractivity contribution in [3.05, 3.63) is 12.4 Å². The molecule has 0 saturated carbocycles. The molecule has 14 heteroatoms. The Labute approximate surface area is 196 Å². The number of rotatable bonds is 8. The Morgan fingerprint density at radius 2 is 2.26 bits per heavy atom. The lowest BCUT2D eigenvalue weighted by Gasteiger charge is -2.23. The Bertz CT molecular complexity index is 1130. The molecule has 3 heterocycles. The van der Waals surface area contributed by atoms with Crippen LogP contribution in [0.5, 0.6) is 0 Å².